The normalized spacial score (nSPS) is 11.1. The van der Waals surface area contributed by atoms with Gasteiger partial charge in [0, 0.05) is 12.5 Å². The van der Waals surface area contributed by atoms with Crippen molar-refractivity contribution in [3.63, 3.8) is 0 Å². The Kier molecular flexibility index (Phi) is 4.60. The number of rotatable bonds is 4. The second-order valence-corrected chi connectivity index (χ2v) is 7.19. The Morgan fingerprint density at radius 3 is 2.17 bits per heavy atom. The molecular formula is C26H18F2N2. The van der Waals surface area contributed by atoms with Crippen LogP contribution >= 0.6 is 0 Å². The van der Waals surface area contributed by atoms with Gasteiger partial charge in [-0.25, -0.2) is 13.8 Å². The molecule has 1 aromatic heterocycles. The predicted molar refractivity (Wildman–Crippen MR) is 116 cm³/mol. The zero-order valence-electron chi connectivity index (χ0n) is 16.1. The Morgan fingerprint density at radius 2 is 1.43 bits per heavy atom. The Hall–Kier alpha value is -3.79. The van der Waals surface area contributed by atoms with Crippen LogP contribution in [0.5, 0.6) is 0 Å². The predicted octanol–water partition coefficient (Wildman–Crippen LogP) is 6.56. The highest BCUT2D eigenvalue weighted by atomic mass is 19.1. The van der Waals surface area contributed by atoms with Crippen LogP contribution in [-0.2, 0) is 6.42 Å². The van der Waals surface area contributed by atoms with E-state index in [2.05, 4.69) is 0 Å². The summed E-state index contributed by atoms with van der Waals surface area (Å²) in [6.45, 7) is 0. The summed E-state index contributed by atoms with van der Waals surface area (Å²) in [6, 6.07) is 29.6. The van der Waals surface area contributed by atoms with Crippen molar-refractivity contribution in [1.29, 1.82) is 0 Å². The van der Waals surface area contributed by atoms with Crippen molar-refractivity contribution in [2.45, 2.75) is 6.42 Å². The summed E-state index contributed by atoms with van der Waals surface area (Å²) in [4.78, 5) is 4.84. The van der Waals surface area contributed by atoms with E-state index >= 15 is 0 Å². The lowest BCUT2D eigenvalue weighted by Crippen LogP contribution is -2.05. The Balaban J connectivity index is 1.71. The van der Waals surface area contributed by atoms with Gasteiger partial charge in [-0.1, -0.05) is 66.7 Å². The fraction of sp³-hybridized carbons (Fsp3) is 0.0385. The van der Waals surface area contributed by atoms with Crippen LogP contribution in [0.2, 0.25) is 0 Å². The van der Waals surface area contributed by atoms with E-state index < -0.39 is 11.6 Å². The van der Waals surface area contributed by atoms with E-state index in [9.17, 15) is 8.78 Å². The number of nitrogens with zero attached hydrogens (tertiary/aromatic N) is 2. The van der Waals surface area contributed by atoms with Crippen LogP contribution in [0.3, 0.4) is 0 Å². The number of imidazole rings is 1. The van der Waals surface area contributed by atoms with E-state index in [0.29, 0.717) is 12.2 Å². The smallest absolute Gasteiger partial charge is 0.150 e. The zero-order valence-corrected chi connectivity index (χ0v) is 16.1. The molecule has 0 unspecified atom stereocenters. The molecule has 0 N–H and O–H groups in total. The van der Waals surface area contributed by atoms with Gasteiger partial charge < -0.3 is 0 Å². The van der Waals surface area contributed by atoms with E-state index in [1.807, 2.05) is 78.9 Å². The molecule has 0 bridgehead atoms. The van der Waals surface area contributed by atoms with Gasteiger partial charge in [0.05, 0.1) is 16.7 Å². The molecule has 0 radical (unpaired) electrons. The van der Waals surface area contributed by atoms with Crippen molar-refractivity contribution in [3.05, 3.63) is 120 Å². The monoisotopic (exact) mass is 396 g/mol. The minimum absolute atomic E-state index is 0.289. The average Bonchev–Trinajstić information content (AvgIpc) is 3.12. The summed E-state index contributed by atoms with van der Waals surface area (Å²) in [7, 11) is 0. The SMILES string of the molecule is Fc1ccc(-n2c(Cc3ccccc3)nc3cc(-c4ccccc4)ccc32)c(F)c1. The average molecular weight is 396 g/mol. The van der Waals surface area contributed by atoms with Gasteiger partial charge in [0.15, 0.2) is 0 Å². The molecule has 0 saturated carbocycles. The van der Waals surface area contributed by atoms with Gasteiger partial charge in [0.1, 0.15) is 17.5 Å². The summed E-state index contributed by atoms with van der Waals surface area (Å²) >= 11 is 0. The van der Waals surface area contributed by atoms with Crippen LogP contribution in [0, 0.1) is 11.6 Å². The van der Waals surface area contributed by atoms with Crippen molar-refractivity contribution < 1.29 is 8.78 Å². The van der Waals surface area contributed by atoms with Gasteiger partial charge in [-0.2, -0.15) is 0 Å². The summed E-state index contributed by atoms with van der Waals surface area (Å²) in [5.41, 5.74) is 5.04. The number of hydrogen-bond donors (Lipinski definition) is 0. The molecule has 5 aromatic rings. The van der Waals surface area contributed by atoms with Crippen molar-refractivity contribution in [1.82, 2.24) is 9.55 Å². The second kappa shape index (κ2) is 7.56. The van der Waals surface area contributed by atoms with Gasteiger partial charge in [-0.15, -0.1) is 0 Å². The van der Waals surface area contributed by atoms with Crippen molar-refractivity contribution in [2.75, 3.05) is 0 Å². The Labute approximate surface area is 173 Å². The lowest BCUT2D eigenvalue weighted by molar-refractivity contribution is 0.577. The lowest BCUT2D eigenvalue weighted by Gasteiger charge is -2.11. The first kappa shape index (κ1) is 18.3. The topological polar surface area (TPSA) is 17.8 Å². The first-order valence-electron chi connectivity index (χ1n) is 9.75. The maximum Gasteiger partial charge on any atom is 0.150 e. The van der Waals surface area contributed by atoms with Crippen LogP contribution in [-0.4, -0.2) is 9.55 Å². The van der Waals surface area contributed by atoms with Crippen molar-refractivity contribution in [2.24, 2.45) is 0 Å². The first-order valence-corrected chi connectivity index (χ1v) is 9.75. The van der Waals surface area contributed by atoms with E-state index in [1.54, 1.807) is 4.57 Å². The first-order chi connectivity index (χ1) is 14.7. The maximum absolute atomic E-state index is 14.7. The third-order valence-electron chi connectivity index (χ3n) is 5.19. The molecule has 0 amide bonds. The van der Waals surface area contributed by atoms with Gasteiger partial charge >= 0.3 is 0 Å². The van der Waals surface area contributed by atoms with E-state index in [1.165, 1.54) is 12.1 Å². The molecule has 0 aliphatic heterocycles. The lowest BCUT2D eigenvalue weighted by atomic mass is 10.1. The van der Waals surface area contributed by atoms with Gasteiger partial charge in [0.2, 0.25) is 0 Å². The third-order valence-corrected chi connectivity index (χ3v) is 5.19. The van der Waals surface area contributed by atoms with Gasteiger partial charge in [0.25, 0.3) is 0 Å². The molecule has 30 heavy (non-hydrogen) atoms. The molecule has 1 heterocycles. The van der Waals surface area contributed by atoms with Gasteiger partial charge in [-0.05, 0) is 41.0 Å². The molecule has 4 aromatic carbocycles. The second-order valence-electron chi connectivity index (χ2n) is 7.19. The van der Waals surface area contributed by atoms with Crippen LogP contribution in [0.25, 0.3) is 27.8 Å². The highest BCUT2D eigenvalue weighted by Gasteiger charge is 2.17. The summed E-state index contributed by atoms with van der Waals surface area (Å²) < 4.78 is 30.0. The number of fused-ring (bicyclic) bond motifs is 1. The van der Waals surface area contributed by atoms with Gasteiger partial charge in [-0.3, -0.25) is 4.57 Å². The zero-order chi connectivity index (χ0) is 20.5. The summed E-state index contributed by atoms with van der Waals surface area (Å²) in [5.74, 6) is -0.515. The number of aromatic nitrogens is 2. The minimum atomic E-state index is -0.615. The summed E-state index contributed by atoms with van der Waals surface area (Å²) in [6.07, 6.45) is 0.535. The van der Waals surface area contributed by atoms with Crippen LogP contribution in [0.4, 0.5) is 8.78 Å². The molecule has 0 saturated heterocycles. The maximum atomic E-state index is 14.7. The molecular weight excluding hydrogens is 378 g/mol. The number of hydrogen-bond acceptors (Lipinski definition) is 1. The fourth-order valence-corrected chi connectivity index (χ4v) is 3.77. The molecule has 0 aliphatic carbocycles. The highest BCUT2D eigenvalue weighted by molar-refractivity contribution is 5.84. The fourth-order valence-electron chi connectivity index (χ4n) is 3.77. The van der Waals surface area contributed by atoms with E-state index in [0.717, 1.165) is 33.8 Å². The summed E-state index contributed by atoms with van der Waals surface area (Å²) in [5, 5.41) is 0. The molecule has 0 atom stereocenters. The minimum Gasteiger partial charge on any atom is -0.293 e. The van der Waals surface area contributed by atoms with Crippen molar-refractivity contribution >= 4 is 11.0 Å². The molecule has 5 rings (SSSR count). The Bertz CT molecular complexity index is 1330. The third kappa shape index (κ3) is 3.37. The Morgan fingerprint density at radius 1 is 0.700 bits per heavy atom. The molecule has 0 spiro atoms. The van der Waals surface area contributed by atoms with Crippen molar-refractivity contribution in [3.8, 4) is 16.8 Å². The molecule has 146 valence electrons. The number of halogens is 2. The number of benzene rings is 4. The molecule has 4 heteroatoms. The quantitative estimate of drug-likeness (QED) is 0.336. The standard InChI is InChI=1S/C26H18F2N2/c27-21-12-14-24(22(28)17-21)30-25-13-11-20(19-9-5-2-6-10-19)16-23(25)29-26(30)15-18-7-3-1-4-8-18/h1-14,16-17H,15H2. The van der Waals surface area contributed by atoms with E-state index in [-0.39, 0.29) is 5.69 Å². The molecule has 0 fully saturated rings. The largest absolute Gasteiger partial charge is 0.293 e. The van der Waals surface area contributed by atoms with Crippen LogP contribution < -0.4 is 0 Å². The molecule has 0 aliphatic rings. The molecule has 2 nitrogen and oxygen atoms in total. The van der Waals surface area contributed by atoms with Crippen LogP contribution in [0.15, 0.2) is 97.1 Å². The van der Waals surface area contributed by atoms with E-state index in [4.69, 9.17) is 4.98 Å². The van der Waals surface area contributed by atoms with Crippen LogP contribution in [0.1, 0.15) is 11.4 Å². The highest BCUT2D eigenvalue weighted by Crippen LogP contribution is 2.29.